The van der Waals surface area contributed by atoms with Crippen molar-refractivity contribution in [3.05, 3.63) is 35.4 Å². The third-order valence-corrected chi connectivity index (χ3v) is 5.63. The molecule has 3 aliphatic rings. The number of carbonyl (C=O) groups is 2. The molecule has 2 atom stereocenters. The van der Waals surface area contributed by atoms with Gasteiger partial charge in [0.15, 0.2) is 0 Å². The number of amides is 1. The van der Waals surface area contributed by atoms with E-state index in [0.717, 1.165) is 12.8 Å². The summed E-state index contributed by atoms with van der Waals surface area (Å²) in [5.74, 6) is -0.411. The van der Waals surface area contributed by atoms with Crippen LogP contribution >= 0.6 is 0 Å². The first kappa shape index (κ1) is 16.5. The quantitative estimate of drug-likeness (QED) is 0.872. The number of carboxylic acids is 1. The molecule has 0 radical (unpaired) electrons. The van der Waals surface area contributed by atoms with Crippen LogP contribution in [0, 0.1) is 11.8 Å². The minimum Gasteiger partial charge on any atom is -0.480 e. The Bertz CT molecular complexity index is 652. The number of fused-ring (bicyclic) bond motifs is 4. The van der Waals surface area contributed by atoms with Crippen LogP contribution in [0.1, 0.15) is 11.1 Å². The predicted molar refractivity (Wildman–Crippen MR) is 91.2 cm³/mol. The molecule has 1 aromatic carbocycles. The molecule has 6 nitrogen and oxygen atoms in total. The van der Waals surface area contributed by atoms with Crippen LogP contribution in [0.5, 0.6) is 0 Å². The number of aliphatic carboxylic acids is 1. The van der Waals surface area contributed by atoms with Crippen molar-refractivity contribution in [2.45, 2.75) is 18.9 Å². The molecule has 6 heteroatoms. The van der Waals surface area contributed by atoms with Crippen molar-refractivity contribution in [2.75, 3.05) is 39.4 Å². The van der Waals surface area contributed by atoms with Crippen molar-refractivity contribution in [3.63, 3.8) is 0 Å². The van der Waals surface area contributed by atoms with Crippen LogP contribution in [0.4, 0.5) is 0 Å². The molecule has 25 heavy (non-hydrogen) atoms. The monoisotopic (exact) mass is 344 g/mol. The Hall–Kier alpha value is -1.92. The Balaban J connectivity index is 1.48. The minimum absolute atomic E-state index is 0.0153. The zero-order valence-corrected chi connectivity index (χ0v) is 14.3. The number of rotatable bonds is 3. The average Bonchev–Trinajstić information content (AvgIpc) is 2.82. The lowest BCUT2D eigenvalue weighted by Gasteiger charge is -2.32. The summed E-state index contributed by atoms with van der Waals surface area (Å²) in [6.45, 7) is 3.03. The molecular formula is C19H24N2O4. The van der Waals surface area contributed by atoms with Gasteiger partial charge in [0, 0.05) is 31.5 Å². The van der Waals surface area contributed by atoms with E-state index in [-0.39, 0.29) is 30.3 Å². The van der Waals surface area contributed by atoms with Gasteiger partial charge in [0.25, 0.3) is 0 Å². The number of carbonyl (C=O) groups excluding carboxylic acids is 1. The summed E-state index contributed by atoms with van der Waals surface area (Å²) in [6.07, 6.45) is 1.63. The molecule has 1 amide bonds. The zero-order chi connectivity index (χ0) is 17.4. The normalized spacial score (nSPS) is 27.0. The fourth-order valence-corrected chi connectivity index (χ4v) is 4.47. The molecule has 1 aromatic rings. The summed E-state index contributed by atoms with van der Waals surface area (Å²) in [4.78, 5) is 28.2. The molecule has 4 rings (SSSR count). The number of benzene rings is 1. The van der Waals surface area contributed by atoms with Crippen LogP contribution < -0.4 is 0 Å². The van der Waals surface area contributed by atoms with Crippen LogP contribution in [0.15, 0.2) is 24.3 Å². The van der Waals surface area contributed by atoms with Crippen molar-refractivity contribution >= 4 is 11.9 Å². The van der Waals surface area contributed by atoms with E-state index >= 15 is 0 Å². The highest BCUT2D eigenvalue weighted by Gasteiger charge is 2.38. The Kier molecular flexibility index (Phi) is 4.48. The highest BCUT2D eigenvalue weighted by molar-refractivity contribution is 5.80. The van der Waals surface area contributed by atoms with Gasteiger partial charge >= 0.3 is 5.97 Å². The largest absolute Gasteiger partial charge is 0.480 e. The molecular weight excluding hydrogens is 320 g/mol. The van der Waals surface area contributed by atoms with Gasteiger partial charge in [-0.25, -0.2) is 0 Å². The summed E-state index contributed by atoms with van der Waals surface area (Å²) < 4.78 is 5.70. The molecule has 2 fully saturated rings. The molecule has 134 valence electrons. The highest BCUT2D eigenvalue weighted by Crippen LogP contribution is 2.29. The lowest BCUT2D eigenvalue weighted by Crippen LogP contribution is -2.48. The van der Waals surface area contributed by atoms with Gasteiger partial charge in [-0.05, 0) is 24.0 Å². The average molecular weight is 344 g/mol. The molecule has 2 bridgehead atoms. The second kappa shape index (κ2) is 6.77. The van der Waals surface area contributed by atoms with Gasteiger partial charge < -0.3 is 14.7 Å². The zero-order valence-electron chi connectivity index (χ0n) is 14.3. The summed E-state index contributed by atoms with van der Waals surface area (Å²) >= 11 is 0. The Morgan fingerprint density at radius 1 is 1.08 bits per heavy atom. The van der Waals surface area contributed by atoms with Crippen molar-refractivity contribution < 1.29 is 19.4 Å². The smallest absolute Gasteiger partial charge is 0.317 e. The number of carboxylic acid groups (broad SMARTS) is 1. The highest BCUT2D eigenvalue weighted by atomic mass is 16.5. The second-order valence-electron chi connectivity index (χ2n) is 7.50. The molecule has 2 heterocycles. The van der Waals surface area contributed by atoms with Crippen molar-refractivity contribution in [3.8, 4) is 0 Å². The summed E-state index contributed by atoms with van der Waals surface area (Å²) in [6, 6.07) is 8.26. The maximum Gasteiger partial charge on any atom is 0.317 e. The van der Waals surface area contributed by atoms with Crippen molar-refractivity contribution in [1.29, 1.82) is 0 Å². The van der Waals surface area contributed by atoms with Gasteiger partial charge in [-0.3, -0.25) is 14.5 Å². The van der Waals surface area contributed by atoms with E-state index in [1.165, 1.54) is 11.1 Å². The molecule has 2 saturated heterocycles. The van der Waals surface area contributed by atoms with Gasteiger partial charge in [0.1, 0.15) is 0 Å². The summed E-state index contributed by atoms with van der Waals surface area (Å²) in [7, 11) is 0. The molecule has 0 spiro atoms. The van der Waals surface area contributed by atoms with Gasteiger partial charge in [-0.1, -0.05) is 24.3 Å². The summed E-state index contributed by atoms with van der Waals surface area (Å²) in [5, 5.41) is 9.16. The molecule has 0 saturated carbocycles. The molecule has 1 N–H and O–H groups in total. The first-order valence-corrected chi connectivity index (χ1v) is 8.99. The van der Waals surface area contributed by atoms with Gasteiger partial charge in [0.2, 0.25) is 5.91 Å². The Morgan fingerprint density at radius 3 is 2.48 bits per heavy atom. The number of ether oxygens (including phenoxy) is 1. The van der Waals surface area contributed by atoms with Crippen LogP contribution in [0.2, 0.25) is 0 Å². The van der Waals surface area contributed by atoms with E-state index in [0.29, 0.717) is 32.8 Å². The number of hydrogen-bond acceptors (Lipinski definition) is 4. The minimum atomic E-state index is -0.823. The molecule has 0 aromatic heterocycles. The number of hydrogen-bond donors (Lipinski definition) is 1. The third kappa shape index (κ3) is 3.41. The standard InChI is InChI=1S/C19H24N2O4/c22-18(23)10-20-7-13-8-21(9-17(20)12-25-11-13)19(24)16-5-14-3-1-2-4-15(14)6-16/h1-4,13,16-17H,5-12H2,(H,22,23)/t13-,17+/m1/s1. The molecule has 0 unspecified atom stereocenters. The van der Waals surface area contributed by atoms with Crippen molar-refractivity contribution in [1.82, 2.24) is 9.80 Å². The van der Waals surface area contributed by atoms with Gasteiger partial charge in [0.05, 0.1) is 25.8 Å². The third-order valence-electron chi connectivity index (χ3n) is 5.63. The van der Waals surface area contributed by atoms with Crippen LogP contribution in [-0.2, 0) is 27.2 Å². The Labute approximate surface area is 147 Å². The SMILES string of the molecule is O=C(O)CN1C[C@H]2COC[C@@H]1CN(C(=O)C1Cc3ccccc3C1)C2. The predicted octanol–water partition coefficient (Wildman–Crippen LogP) is 0.645. The lowest BCUT2D eigenvalue weighted by molar-refractivity contribution is -0.139. The molecule has 1 aliphatic carbocycles. The topological polar surface area (TPSA) is 70.1 Å². The van der Waals surface area contributed by atoms with Gasteiger partial charge in [-0.15, -0.1) is 0 Å². The maximum atomic E-state index is 13.1. The van der Waals surface area contributed by atoms with Crippen LogP contribution in [-0.4, -0.2) is 72.2 Å². The fraction of sp³-hybridized carbons (Fsp3) is 0.579. The second-order valence-corrected chi connectivity index (χ2v) is 7.50. The van der Waals surface area contributed by atoms with E-state index in [9.17, 15) is 9.59 Å². The fourth-order valence-electron chi connectivity index (χ4n) is 4.47. The number of nitrogens with zero attached hydrogens (tertiary/aromatic N) is 2. The van der Waals surface area contributed by atoms with E-state index in [1.807, 2.05) is 21.9 Å². The van der Waals surface area contributed by atoms with E-state index in [4.69, 9.17) is 9.84 Å². The maximum absolute atomic E-state index is 13.1. The van der Waals surface area contributed by atoms with Gasteiger partial charge in [-0.2, -0.15) is 0 Å². The van der Waals surface area contributed by atoms with Crippen molar-refractivity contribution in [2.24, 2.45) is 11.8 Å². The lowest BCUT2D eigenvalue weighted by atomic mass is 10.0. The molecule has 2 aliphatic heterocycles. The van der Waals surface area contributed by atoms with E-state index in [1.54, 1.807) is 0 Å². The first-order valence-electron chi connectivity index (χ1n) is 8.99. The first-order chi connectivity index (χ1) is 12.1. The van der Waals surface area contributed by atoms with Crippen LogP contribution in [0.3, 0.4) is 0 Å². The van der Waals surface area contributed by atoms with E-state index in [2.05, 4.69) is 12.1 Å². The summed E-state index contributed by atoms with van der Waals surface area (Å²) in [5.41, 5.74) is 2.57. The Morgan fingerprint density at radius 2 is 1.80 bits per heavy atom. The van der Waals surface area contributed by atoms with E-state index < -0.39 is 5.97 Å². The van der Waals surface area contributed by atoms with Crippen LogP contribution in [0.25, 0.3) is 0 Å².